The molecule has 11 heavy (non-hydrogen) atoms. The third-order valence-electron chi connectivity index (χ3n) is 0.383. The Labute approximate surface area is 125 Å². The Morgan fingerprint density at radius 1 is 1.27 bits per heavy atom. The van der Waals surface area contributed by atoms with Gasteiger partial charge in [-0.25, -0.2) is 0 Å². The van der Waals surface area contributed by atoms with Crippen molar-refractivity contribution in [2.45, 2.75) is 0 Å². The minimum absolute atomic E-state index is 0. The molecule has 0 aromatic carbocycles. The van der Waals surface area contributed by atoms with E-state index >= 15 is 0 Å². The number of hydrogen-bond acceptors (Lipinski definition) is 4. The number of rotatable bonds is 1. The monoisotopic (exact) mass is 318 g/mol. The van der Waals surface area contributed by atoms with Gasteiger partial charge in [0, 0.05) is 0 Å². The molecule has 0 heterocycles. The van der Waals surface area contributed by atoms with Crippen molar-refractivity contribution in [2.75, 3.05) is 14.1 Å². The third-order valence-corrected chi connectivity index (χ3v) is 1.15. The number of nitrogens with two attached hydrogens (primary N) is 1. The van der Waals surface area contributed by atoms with Crippen molar-refractivity contribution in [3.8, 4) is 0 Å². The van der Waals surface area contributed by atoms with Crippen LogP contribution in [0.25, 0.3) is 0 Å². The third kappa shape index (κ3) is 34.1. The first-order valence-electron chi connectivity index (χ1n) is 2.26. The van der Waals surface area contributed by atoms with Crippen molar-refractivity contribution in [3.05, 3.63) is 0 Å². The molecule has 4 nitrogen and oxygen atoms in total. The maximum atomic E-state index is 8.42. The first-order valence-corrected chi connectivity index (χ1v) is 3.98. The van der Waals surface area contributed by atoms with E-state index in [4.69, 9.17) is 10.2 Å². The van der Waals surface area contributed by atoms with Crippen molar-refractivity contribution in [1.29, 1.82) is 0 Å². The summed E-state index contributed by atoms with van der Waals surface area (Å²) in [5.41, 5.74) is 4.53. The van der Waals surface area contributed by atoms with Gasteiger partial charge in [-0.1, -0.05) is 0 Å². The molecule has 0 rings (SSSR count). The van der Waals surface area contributed by atoms with Crippen LogP contribution in [0.1, 0.15) is 0 Å². The van der Waals surface area contributed by atoms with Crippen LogP contribution >= 0.6 is 0 Å². The molecular weight excluding hydrogens is 305 g/mol. The number of aliphatic hydroxyl groups is 2. The fraction of sp³-hybridized carbons (Fsp3) is 0.500. The minimum atomic E-state index is -0.208. The molecule has 0 amide bonds. The van der Waals surface area contributed by atoms with E-state index < -0.39 is 0 Å². The molecular formula is C4H11KN2O2Se2. The SMILES string of the molecule is CN(C)C(O)=[Se].NC(O)=[Se].[KH]. The molecule has 0 unspecified atom stereocenters. The van der Waals surface area contributed by atoms with Crippen molar-refractivity contribution < 1.29 is 10.2 Å². The van der Waals surface area contributed by atoms with E-state index in [-0.39, 0.29) is 60.8 Å². The van der Waals surface area contributed by atoms with Crippen LogP contribution in [0, 0.1) is 0 Å². The second-order valence-electron chi connectivity index (χ2n) is 1.52. The average Bonchev–Trinajstić information content (AvgIpc) is 1.63. The Morgan fingerprint density at radius 3 is 1.36 bits per heavy atom. The van der Waals surface area contributed by atoms with Crippen LogP contribution in [-0.4, -0.2) is 121 Å². The summed E-state index contributed by atoms with van der Waals surface area (Å²) in [6, 6.07) is 0. The topological polar surface area (TPSA) is 69.7 Å². The van der Waals surface area contributed by atoms with Crippen molar-refractivity contribution in [3.63, 3.8) is 0 Å². The zero-order chi connectivity index (χ0) is 8.73. The second-order valence-corrected chi connectivity index (χ2v) is 3.16. The molecule has 0 bridgehead atoms. The van der Waals surface area contributed by atoms with Gasteiger partial charge in [-0.3, -0.25) is 0 Å². The maximum absolute atomic E-state index is 8.42. The van der Waals surface area contributed by atoms with Gasteiger partial charge in [0.1, 0.15) is 0 Å². The van der Waals surface area contributed by atoms with E-state index in [0.29, 0.717) is 0 Å². The summed E-state index contributed by atoms with van der Waals surface area (Å²) in [4.78, 5) is 1.58. The molecule has 0 aliphatic rings. The van der Waals surface area contributed by atoms with Gasteiger partial charge in [0.25, 0.3) is 0 Å². The van der Waals surface area contributed by atoms with Crippen molar-refractivity contribution >= 4 is 92.0 Å². The van der Waals surface area contributed by atoms with Crippen LogP contribution in [0.4, 0.5) is 0 Å². The van der Waals surface area contributed by atoms with Crippen molar-refractivity contribution in [1.82, 2.24) is 4.90 Å². The molecule has 0 atom stereocenters. The van der Waals surface area contributed by atoms with Gasteiger partial charge < -0.3 is 0 Å². The molecule has 0 aromatic rings. The summed E-state index contributed by atoms with van der Waals surface area (Å²) in [7, 11) is 3.51. The fourth-order valence-electron chi connectivity index (χ4n) is 0. The Kier molecular flexibility index (Phi) is 19.4. The second kappa shape index (κ2) is 11.6. The van der Waals surface area contributed by atoms with E-state index in [9.17, 15) is 0 Å². The first kappa shape index (κ1) is 18.4. The molecule has 0 fully saturated rings. The zero-order valence-corrected chi connectivity index (χ0v) is 9.16. The first-order chi connectivity index (χ1) is 4.37. The number of hydrogen-bond donors (Lipinski definition) is 3. The Hall–Kier alpha value is 1.62. The zero-order valence-electron chi connectivity index (χ0n) is 5.74. The Balaban J connectivity index is -0.000000114. The summed E-state index contributed by atoms with van der Waals surface area (Å²) < 4.78 is 0.00926. The van der Waals surface area contributed by atoms with E-state index in [1.807, 2.05) is 0 Å². The summed E-state index contributed by atoms with van der Waals surface area (Å²) in [6.45, 7) is 0. The molecule has 62 valence electrons. The Bertz CT molecular complexity index is 127. The van der Waals surface area contributed by atoms with Crippen LogP contribution in [0.3, 0.4) is 0 Å². The van der Waals surface area contributed by atoms with Gasteiger partial charge >= 0.3 is 127 Å². The molecule has 0 aliphatic carbocycles. The molecule has 0 saturated carbocycles. The average molecular weight is 316 g/mol. The summed E-state index contributed by atoms with van der Waals surface area (Å²) in [5.74, 6) is 0. The molecule has 0 aliphatic heterocycles. The van der Waals surface area contributed by atoms with E-state index in [1.165, 1.54) is 0 Å². The van der Waals surface area contributed by atoms with Crippen LogP contribution in [0.15, 0.2) is 0 Å². The van der Waals surface area contributed by atoms with Gasteiger partial charge in [0.15, 0.2) is 0 Å². The molecule has 0 spiro atoms. The van der Waals surface area contributed by atoms with Gasteiger partial charge in [-0.2, -0.15) is 0 Å². The normalized spacial score (nSPS) is 6.36. The Morgan fingerprint density at radius 2 is 1.36 bits per heavy atom. The molecule has 0 radical (unpaired) electrons. The van der Waals surface area contributed by atoms with E-state index in [0.717, 1.165) is 0 Å². The quantitative estimate of drug-likeness (QED) is 0.454. The van der Waals surface area contributed by atoms with E-state index in [1.54, 1.807) is 19.0 Å². The van der Waals surface area contributed by atoms with E-state index in [2.05, 4.69) is 36.9 Å². The summed E-state index contributed by atoms with van der Waals surface area (Å²) in [6.07, 6.45) is 0. The predicted octanol–water partition coefficient (Wildman–Crippen LogP) is -2.90. The van der Waals surface area contributed by atoms with Crippen LogP contribution < -0.4 is 5.73 Å². The molecule has 7 heteroatoms. The van der Waals surface area contributed by atoms with Gasteiger partial charge in [-0.05, 0) is 0 Å². The summed E-state index contributed by atoms with van der Waals surface area (Å²) >= 11 is 4.59. The summed E-state index contributed by atoms with van der Waals surface area (Å²) in [5, 5.41) is 16.1. The van der Waals surface area contributed by atoms with Crippen LogP contribution in [0.2, 0.25) is 0 Å². The van der Waals surface area contributed by atoms with Crippen LogP contribution in [0.5, 0.6) is 0 Å². The molecule has 0 aromatic heterocycles. The number of nitrogens with zero attached hydrogens (tertiary/aromatic N) is 1. The van der Waals surface area contributed by atoms with Gasteiger partial charge in [0.2, 0.25) is 0 Å². The molecule has 0 saturated heterocycles. The van der Waals surface area contributed by atoms with Crippen molar-refractivity contribution in [2.24, 2.45) is 5.73 Å². The standard InChI is InChI=1S/C3H7NOSe.CH3NOSe.K.H/c1-4(2)3(5)6;2-1(3)4;;/h1-2H3,(H,5,6);(H3,2,3,4);;. The van der Waals surface area contributed by atoms with Gasteiger partial charge in [-0.15, -0.1) is 0 Å². The number of aliphatic hydroxyl groups excluding tert-OH is 2. The van der Waals surface area contributed by atoms with Crippen LogP contribution in [-0.2, 0) is 0 Å². The predicted molar refractivity (Wildman–Crippen MR) is 50.4 cm³/mol. The van der Waals surface area contributed by atoms with Gasteiger partial charge in [0.05, 0.1) is 0 Å². The molecule has 4 N–H and O–H groups in total. The fourth-order valence-corrected chi connectivity index (χ4v) is 0.